The lowest BCUT2D eigenvalue weighted by atomic mass is 9.77. The zero-order valence-electron chi connectivity index (χ0n) is 12.5. The molecule has 5 nitrogen and oxygen atoms in total. The Balaban J connectivity index is 2.22. The first kappa shape index (κ1) is 15.6. The molecule has 0 aliphatic carbocycles. The van der Waals surface area contributed by atoms with Crippen molar-refractivity contribution in [3.8, 4) is 11.5 Å². The lowest BCUT2D eigenvalue weighted by Gasteiger charge is -2.42. The summed E-state index contributed by atoms with van der Waals surface area (Å²) in [5.74, 6) is -0.669. The van der Waals surface area contributed by atoms with Gasteiger partial charge in [-0.1, -0.05) is 13.0 Å². The minimum Gasteiger partial charge on any atom is -0.508 e. The number of phenols is 2. The van der Waals surface area contributed by atoms with E-state index in [1.807, 2.05) is 13.8 Å². The molecule has 0 aromatic heterocycles. The number of aliphatic carboxylic acids is 1. The van der Waals surface area contributed by atoms with Crippen molar-refractivity contribution in [2.45, 2.75) is 39.2 Å². The van der Waals surface area contributed by atoms with Gasteiger partial charge in [0.2, 0.25) is 0 Å². The summed E-state index contributed by atoms with van der Waals surface area (Å²) in [5, 5.41) is 28.9. The molecule has 2 rings (SSSR count). The first-order valence-electron chi connectivity index (χ1n) is 7.39. The molecule has 1 saturated heterocycles. The molecule has 2 atom stereocenters. The van der Waals surface area contributed by atoms with Gasteiger partial charge < -0.3 is 15.3 Å². The number of carboxylic acids is 1. The van der Waals surface area contributed by atoms with Gasteiger partial charge in [-0.3, -0.25) is 9.69 Å². The van der Waals surface area contributed by atoms with Gasteiger partial charge >= 0.3 is 5.97 Å². The average Bonchev–Trinajstić information content (AvgIpc) is 2.46. The van der Waals surface area contributed by atoms with Crippen molar-refractivity contribution in [1.29, 1.82) is 0 Å². The Hall–Kier alpha value is -1.75. The van der Waals surface area contributed by atoms with E-state index < -0.39 is 11.4 Å². The summed E-state index contributed by atoms with van der Waals surface area (Å²) >= 11 is 0. The van der Waals surface area contributed by atoms with Crippen molar-refractivity contribution in [2.75, 3.05) is 13.1 Å². The van der Waals surface area contributed by atoms with Gasteiger partial charge in [-0.25, -0.2) is 0 Å². The number of benzene rings is 1. The number of carbonyl (C=O) groups is 1. The number of likely N-dealkylation sites (tertiary alicyclic amines) is 1. The van der Waals surface area contributed by atoms with Crippen LogP contribution in [-0.2, 0) is 4.79 Å². The molecule has 0 radical (unpaired) electrons. The Labute approximate surface area is 124 Å². The standard InChI is InChI=1S/C16H23NO4/c1-3-16(15(20)21)7-4-8-17(10-16)11(2)13-6-5-12(18)9-14(13)19/h5-6,9,11,18-19H,3-4,7-8,10H2,1-2H3,(H,20,21). The molecule has 0 saturated carbocycles. The highest BCUT2D eigenvalue weighted by molar-refractivity contribution is 5.75. The molecule has 1 fully saturated rings. The summed E-state index contributed by atoms with van der Waals surface area (Å²) in [6, 6.07) is 4.47. The van der Waals surface area contributed by atoms with Gasteiger partial charge in [0, 0.05) is 24.2 Å². The third kappa shape index (κ3) is 2.97. The second kappa shape index (κ2) is 5.93. The Morgan fingerprint density at radius 2 is 2.14 bits per heavy atom. The van der Waals surface area contributed by atoms with E-state index in [0.717, 1.165) is 13.0 Å². The molecule has 1 aromatic rings. The largest absolute Gasteiger partial charge is 0.508 e. The topological polar surface area (TPSA) is 81.0 Å². The van der Waals surface area contributed by atoms with E-state index in [-0.39, 0.29) is 17.5 Å². The predicted octanol–water partition coefficient (Wildman–Crippen LogP) is 2.74. The molecule has 116 valence electrons. The maximum absolute atomic E-state index is 11.6. The molecule has 1 aliphatic rings. The van der Waals surface area contributed by atoms with Crippen LogP contribution >= 0.6 is 0 Å². The fourth-order valence-electron chi connectivity index (χ4n) is 3.19. The molecular weight excluding hydrogens is 270 g/mol. The average molecular weight is 293 g/mol. The Kier molecular flexibility index (Phi) is 4.42. The van der Waals surface area contributed by atoms with Gasteiger partial charge in [0.25, 0.3) is 0 Å². The summed E-state index contributed by atoms with van der Waals surface area (Å²) in [4.78, 5) is 13.7. The van der Waals surface area contributed by atoms with Gasteiger partial charge in [0.15, 0.2) is 0 Å². The summed E-state index contributed by atoms with van der Waals surface area (Å²) in [5.41, 5.74) is 0.0177. The van der Waals surface area contributed by atoms with Crippen LogP contribution in [0.3, 0.4) is 0 Å². The molecule has 0 bridgehead atoms. The summed E-state index contributed by atoms with van der Waals surface area (Å²) in [7, 11) is 0. The van der Waals surface area contributed by atoms with Crippen molar-refractivity contribution in [3.05, 3.63) is 23.8 Å². The lowest BCUT2D eigenvalue weighted by Crippen LogP contribution is -2.48. The minimum atomic E-state index is -0.739. The van der Waals surface area contributed by atoms with E-state index >= 15 is 0 Å². The number of aromatic hydroxyl groups is 2. The molecular formula is C16H23NO4. The molecule has 0 spiro atoms. The van der Waals surface area contributed by atoms with Crippen molar-refractivity contribution in [1.82, 2.24) is 4.90 Å². The Morgan fingerprint density at radius 3 is 2.71 bits per heavy atom. The summed E-state index contributed by atoms with van der Waals surface area (Å²) < 4.78 is 0. The molecule has 3 N–H and O–H groups in total. The number of rotatable bonds is 4. The van der Waals surface area contributed by atoms with Crippen LogP contribution in [0.2, 0.25) is 0 Å². The molecule has 1 aromatic carbocycles. The van der Waals surface area contributed by atoms with Crippen molar-refractivity contribution >= 4 is 5.97 Å². The molecule has 0 amide bonds. The van der Waals surface area contributed by atoms with Crippen molar-refractivity contribution in [3.63, 3.8) is 0 Å². The van der Waals surface area contributed by atoms with Crippen LogP contribution in [0, 0.1) is 5.41 Å². The number of hydrogen-bond acceptors (Lipinski definition) is 4. The number of nitrogens with zero attached hydrogens (tertiary/aromatic N) is 1. The number of hydrogen-bond donors (Lipinski definition) is 3. The van der Waals surface area contributed by atoms with Gasteiger partial charge in [0.1, 0.15) is 11.5 Å². The van der Waals surface area contributed by atoms with E-state index in [1.54, 1.807) is 12.1 Å². The van der Waals surface area contributed by atoms with E-state index in [0.29, 0.717) is 24.9 Å². The van der Waals surface area contributed by atoms with Crippen LogP contribution in [0.25, 0.3) is 0 Å². The Bertz CT molecular complexity index is 531. The fourth-order valence-corrected chi connectivity index (χ4v) is 3.19. The normalized spacial score (nSPS) is 24.7. The molecule has 2 unspecified atom stereocenters. The summed E-state index contributed by atoms with van der Waals surface area (Å²) in [6.07, 6.45) is 2.14. The maximum Gasteiger partial charge on any atom is 0.310 e. The van der Waals surface area contributed by atoms with Gasteiger partial charge in [0.05, 0.1) is 5.41 Å². The smallest absolute Gasteiger partial charge is 0.310 e. The first-order chi connectivity index (χ1) is 9.89. The molecule has 1 heterocycles. The second-order valence-corrected chi connectivity index (χ2v) is 5.93. The quantitative estimate of drug-likeness (QED) is 0.795. The van der Waals surface area contributed by atoms with Crippen LogP contribution in [0.1, 0.15) is 44.7 Å². The molecule has 1 aliphatic heterocycles. The fraction of sp³-hybridized carbons (Fsp3) is 0.562. The maximum atomic E-state index is 11.6. The highest BCUT2D eigenvalue weighted by Crippen LogP contribution is 2.39. The number of phenolic OH excluding ortho intramolecular Hbond substituents is 2. The van der Waals surface area contributed by atoms with E-state index in [4.69, 9.17) is 0 Å². The predicted molar refractivity (Wildman–Crippen MR) is 79.4 cm³/mol. The summed E-state index contributed by atoms with van der Waals surface area (Å²) in [6.45, 7) is 5.18. The third-order valence-electron chi connectivity index (χ3n) is 4.75. The number of piperidine rings is 1. The van der Waals surface area contributed by atoms with E-state index in [1.165, 1.54) is 6.07 Å². The Morgan fingerprint density at radius 1 is 1.43 bits per heavy atom. The number of carboxylic acid groups (broad SMARTS) is 1. The van der Waals surface area contributed by atoms with E-state index in [2.05, 4.69) is 4.90 Å². The van der Waals surface area contributed by atoms with Crippen molar-refractivity contribution in [2.24, 2.45) is 5.41 Å². The zero-order chi connectivity index (χ0) is 15.6. The van der Waals surface area contributed by atoms with Gasteiger partial charge in [-0.2, -0.15) is 0 Å². The van der Waals surface area contributed by atoms with Crippen LogP contribution in [0.15, 0.2) is 18.2 Å². The van der Waals surface area contributed by atoms with E-state index in [9.17, 15) is 20.1 Å². The SMILES string of the molecule is CCC1(C(=O)O)CCCN(C(C)c2ccc(O)cc2O)C1. The molecule has 21 heavy (non-hydrogen) atoms. The third-order valence-corrected chi connectivity index (χ3v) is 4.75. The highest BCUT2D eigenvalue weighted by Gasteiger charge is 2.42. The van der Waals surface area contributed by atoms with Crippen LogP contribution in [0.5, 0.6) is 11.5 Å². The van der Waals surface area contributed by atoms with Crippen LogP contribution < -0.4 is 0 Å². The zero-order valence-corrected chi connectivity index (χ0v) is 12.5. The minimum absolute atomic E-state index is 0.0236. The first-order valence-corrected chi connectivity index (χ1v) is 7.39. The highest BCUT2D eigenvalue weighted by atomic mass is 16.4. The monoisotopic (exact) mass is 293 g/mol. The second-order valence-electron chi connectivity index (χ2n) is 5.93. The lowest BCUT2D eigenvalue weighted by molar-refractivity contribution is -0.153. The van der Waals surface area contributed by atoms with Crippen LogP contribution in [-0.4, -0.2) is 39.3 Å². The van der Waals surface area contributed by atoms with Crippen molar-refractivity contribution < 1.29 is 20.1 Å². The van der Waals surface area contributed by atoms with Gasteiger partial charge in [-0.05, 0) is 38.8 Å². The molecule has 5 heteroatoms. The van der Waals surface area contributed by atoms with Gasteiger partial charge in [-0.15, -0.1) is 0 Å². The van der Waals surface area contributed by atoms with Crippen LogP contribution in [0.4, 0.5) is 0 Å².